The normalized spacial score (nSPS) is 11.7. The van der Waals surface area contributed by atoms with Crippen LogP contribution in [0.4, 0.5) is 0 Å². The average molecular weight is 393 g/mol. The lowest BCUT2D eigenvalue weighted by Gasteiger charge is -2.06. The minimum Gasteiger partial charge on any atom is -0.449 e. The Balaban J connectivity index is 1.75. The topological polar surface area (TPSA) is 88.4 Å². The van der Waals surface area contributed by atoms with Gasteiger partial charge in [0.1, 0.15) is 0 Å². The van der Waals surface area contributed by atoms with Crippen LogP contribution in [0.2, 0.25) is 5.02 Å². The Kier molecular flexibility index (Phi) is 5.04. The molecule has 0 radical (unpaired) electrons. The molecule has 0 saturated carbocycles. The van der Waals surface area contributed by atoms with Gasteiger partial charge >= 0.3 is 0 Å². The lowest BCUT2D eigenvalue weighted by atomic mass is 10.1. The van der Waals surface area contributed by atoms with Crippen LogP contribution >= 0.6 is 11.6 Å². The third-order valence-corrected chi connectivity index (χ3v) is 5.81. The Bertz CT molecular complexity index is 1070. The first kappa shape index (κ1) is 18.4. The van der Waals surface area contributed by atoms with E-state index in [1.807, 2.05) is 6.07 Å². The maximum atomic E-state index is 12.4. The minimum atomic E-state index is -3.48. The van der Waals surface area contributed by atoms with Crippen LogP contribution in [-0.4, -0.2) is 21.4 Å². The molecule has 2 N–H and O–H groups in total. The second-order valence-electron chi connectivity index (χ2n) is 5.71. The average Bonchev–Trinajstić information content (AvgIpc) is 2.98. The number of aryl methyl sites for hydroxylation is 1. The zero-order valence-corrected chi connectivity index (χ0v) is 15.7. The minimum absolute atomic E-state index is 0.165. The first-order valence-corrected chi connectivity index (χ1v) is 9.68. The van der Waals surface area contributed by atoms with Gasteiger partial charge in [0, 0.05) is 17.5 Å². The van der Waals surface area contributed by atoms with E-state index < -0.39 is 10.0 Å². The van der Waals surface area contributed by atoms with Crippen LogP contribution in [0, 0.1) is 6.92 Å². The number of hydrogen-bond acceptors (Lipinski definition) is 4. The molecule has 0 aliphatic rings. The number of carbonyl (C=O) groups is 1. The lowest BCUT2D eigenvalue weighted by molar-refractivity contribution is 0.0924. The van der Waals surface area contributed by atoms with Crippen LogP contribution in [0.1, 0.15) is 21.7 Å². The molecule has 0 spiro atoms. The number of carbonyl (C=O) groups excluding carboxylic acids is 1. The van der Waals surface area contributed by atoms with E-state index in [0.717, 1.165) is 16.5 Å². The first-order chi connectivity index (χ1) is 12.3. The number of halogens is 1. The van der Waals surface area contributed by atoms with Gasteiger partial charge < -0.3 is 9.73 Å². The van der Waals surface area contributed by atoms with Crippen molar-refractivity contribution in [1.29, 1.82) is 0 Å². The number of amides is 1. The third kappa shape index (κ3) is 3.46. The monoisotopic (exact) mass is 392 g/mol. The van der Waals surface area contributed by atoms with Gasteiger partial charge in [0.25, 0.3) is 5.91 Å². The number of benzene rings is 2. The van der Waals surface area contributed by atoms with Gasteiger partial charge in [0.2, 0.25) is 10.0 Å². The van der Waals surface area contributed by atoms with E-state index in [4.69, 9.17) is 16.0 Å². The van der Waals surface area contributed by atoms with E-state index in [-0.39, 0.29) is 23.1 Å². The van der Waals surface area contributed by atoms with Crippen LogP contribution in [0.25, 0.3) is 11.0 Å². The standard InChI is InChI=1S/C18H17ClN2O4S/c1-11-14-4-3-5-15(19)17(14)25-16(11)18(22)21-10-12-6-8-13(9-7-12)26(23,24)20-2/h3-9,20H,10H2,1-2H3,(H,21,22). The summed E-state index contributed by atoms with van der Waals surface area (Å²) in [7, 11) is -2.13. The molecule has 6 nitrogen and oxygen atoms in total. The van der Waals surface area contributed by atoms with E-state index in [0.29, 0.717) is 10.6 Å². The second kappa shape index (κ2) is 7.11. The molecule has 3 aromatic rings. The SMILES string of the molecule is CNS(=O)(=O)c1ccc(CNC(=O)c2oc3c(Cl)cccc3c2C)cc1. The second-order valence-corrected chi connectivity index (χ2v) is 8.00. The summed E-state index contributed by atoms with van der Waals surface area (Å²) in [5.74, 6) is -0.149. The Morgan fingerprint density at radius 1 is 1.15 bits per heavy atom. The largest absolute Gasteiger partial charge is 0.449 e. The number of rotatable bonds is 5. The Labute approximate surface area is 156 Å². The fourth-order valence-corrected chi connectivity index (χ4v) is 3.54. The fourth-order valence-electron chi connectivity index (χ4n) is 2.59. The highest BCUT2D eigenvalue weighted by Crippen LogP contribution is 2.30. The zero-order chi connectivity index (χ0) is 18.9. The van der Waals surface area contributed by atoms with E-state index in [9.17, 15) is 13.2 Å². The first-order valence-electron chi connectivity index (χ1n) is 7.82. The maximum Gasteiger partial charge on any atom is 0.287 e. The van der Waals surface area contributed by atoms with Gasteiger partial charge in [-0.05, 0) is 37.7 Å². The molecule has 0 saturated heterocycles. The van der Waals surface area contributed by atoms with E-state index in [2.05, 4.69) is 10.0 Å². The van der Waals surface area contributed by atoms with Crippen molar-refractivity contribution < 1.29 is 17.6 Å². The van der Waals surface area contributed by atoms with Gasteiger partial charge in [0.15, 0.2) is 11.3 Å². The molecule has 0 atom stereocenters. The van der Waals surface area contributed by atoms with Crippen molar-refractivity contribution in [2.24, 2.45) is 0 Å². The molecule has 1 amide bonds. The summed E-state index contributed by atoms with van der Waals surface area (Å²) in [5.41, 5.74) is 1.97. The van der Waals surface area contributed by atoms with Gasteiger partial charge in [-0.1, -0.05) is 35.9 Å². The number of hydrogen-bond donors (Lipinski definition) is 2. The predicted molar refractivity (Wildman–Crippen MR) is 99.8 cm³/mol. The molecule has 1 heterocycles. The highest BCUT2D eigenvalue weighted by atomic mass is 35.5. The molecule has 0 aliphatic heterocycles. The number of fused-ring (bicyclic) bond motifs is 1. The van der Waals surface area contributed by atoms with Crippen LogP contribution in [-0.2, 0) is 16.6 Å². The van der Waals surface area contributed by atoms with E-state index >= 15 is 0 Å². The summed E-state index contributed by atoms with van der Waals surface area (Å²) in [5, 5.41) is 4.01. The van der Waals surface area contributed by atoms with Crippen molar-refractivity contribution in [1.82, 2.24) is 10.0 Å². The Morgan fingerprint density at radius 2 is 1.85 bits per heavy atom. The maximum absolute atomic E-state index is 12.4. The van der Waals surface area contributed by atoms with Gasteiger partial charge in [-0.15, -0.1) is 0 Å². The van der Waals surface area contributed by atoms with Crippen molar-refractivity contribution in [2.75, 3.05) is 7.05 Å². The van der Waals surface area contributed by atoms with Crippen LogP contribution in [0.15, 0.2) is 51.8 Å². The molecule has 0 aliphatic carbocycles. The predicted octanol–water partition coefficient (Wildman–Crippen LogP) is 3.23. The smallest absolute Gasteiger partial charge is 0.287 e. The summed E-state index contributed by atoms with van der Waals surface area (Å²) in [6.07, 6.45) is 0. The molecular weight excluding hydrogens is 376 g/mol. The van der Waals surface area contributed by atoms with Gasteiger partial charge in [-0.3, -0.25) is 4.79 Å². The van der Waals surface area contributed by atoms with Gasteiger partial charge in [-0.2, -0.15) is 0 Å². The summed E-state index contributed by atoms with van der Waals surface area (Å²) in [4.78, 5) is 12.6. The van der Waals surface area contributed by atoms with Crippen LogP contribution < -0.4 is 10.0 Å². The van der Waals surface area contributed by atoms with Crippen LogP contribution in [0.3, 0.4) is 0 Å². The van der Waals surface area contributed by atoms with E-state index in [1.165, 1.54) is 19.2 Å². The highest BCUT2D eigenvalue weighted by Gasteiger charge is 2.19. The number of nitrogens with one attached hydrogen (secondary N) is 2. The summed E-state index contributed by atoms with van der Waals surface area (Å²) < 4.78 is 31.3. The van der Waals surface area contributed by atoms with Crippen molar-refractivity contribution in [3.05, 3.63) is 64.4 Å². The van der Waals surface area contributed by atoms with Crippen molar-refractivity contribution >= 4 is 38.5 Å². The summed E-state index contributed by atoms with van der Waals surface area (Å²) >= 11 is 6.10. The molecule has 3 rings (SSSR count). The van der Waals surface area contributed by atoms with Crippen molar-refractivity contribution in [3.8, 4) is 0 Å². The molecule has 1 aromatic heterocycles. The lowest BCUT2D eigenvalue weighted by Crippen LogP contribution is -2.23. The Hall–Kier alpha value is -2.35. The number of sulfonamides is 1. The van der Waals surface area contributed by atoms with Gasteiger partial charge in [0.05, 0.1) is 9.92 Å². The van der Waals surface area contributed by atoms with Crippen molar-refractivity contribution in [2.45, 2.75) is 18.4 Å². The fraction of sp³-hybridized carbons (Fsp3) is 0.167. The molecule has 136 valence electrons. The zero-order valence-electron chi connectivity index (χ0n) is 14.2. The molecule has 0 fully saturated rings. The number of furan rings is 1. The Morgan fingerprint density at radius 3 is 2.46 bits per heavy atom. The molecule has 8 heteroatoms. The summed E-state index contributed by atoms with van der Waals surface area (Å²) in [6.45, 7) is 2.04. The van der Waals surface area contributed by atoms with Gasteiger partial charge in [-0.25, -0.2) is 13.1 Å². The molecular formula is C18H17ClN2O4S. The number of para-hydroxylation sites is 1. The van der Waals surface area contributed by atoms with E-state index in [1.54, 1.807) is 31.2 Å². The quantitative estimate of drug-likeness (QED) is 0.697. The third-order valence-electron chi connectivity index (χ3n) is 4.08. The van der Waals surface area contributed by atoms with Crippen molar-refractivity contribution in [3.63, 3.8) is 0 Å². The van der Waals surface area contributed by atoms with Crippen LogP contribution in [0.5, 0.6) is 0 Å². The molecule has 2 aromatic carbocycles. The highest BCUT2D eigenvalue weighted by molar-refractivity contribution is 7.89. The molecule has 0 unspecified atom stereocenters. The molecule has 0 bridgehead atoms. The molecule has 26 heavy (non-hydrogen) atoms. The summed E-state index contributed by atoms with van der Waals surface area (Å²) in [6, 6.07) is 11.6.